The molecule has 1 saturated heterocycles. The van der Waals surface area contributed by atoms with Crippen molar-refractivity contribution in [2.45, 2.75) is 23.9 Å². The van der Waals surface area contributed by atoms with Crippen LogP contribution in [0.5, 0.6) is 0 Å². The van der Waals surface area contributed by atoms with Crippen LogP contribution in [0.15, 0.2) is 17.6 Å². The predicted octanol–water partition coefficient (Wildman–Crippen LogP) is -0.254. The number of carbonyl (C=O) groups excluding carboxylic acids is 1. The first-order chi connectivity index (χ1) is 8.46. The number of carbonyl (C=O) groups is 1. The summed E-state index contributed by atoms with van der Waals surface area (Å²) in [5, 5.41) is -0.0409. The number of hydrogen-bond donors (Lipinski definition) is 0. The Balaban J connectivity index is 2.32. The maximum atomic E-state index is 12.3. The van der Waals surface area contributed by atoms with E-state index in [2.05, 4.69) is 9.72 Å². The normalized spacial score (nSPS) is 21.1. The number of aryl methyl sites for hydroxylation is 1. The van der Waals surface area contributed by atoms with E-state index >= 15 is 0 Å². The molecule has 2 heterocycles. The van der Waals surface area contributed by atoms with E-state index in [9.17, 15) is 13.2 Å². The highest BCUT2D eigenvalue weighted by molar-refractivity contribution is 7.89. The number of ether oxygens (including phenoxy) is 1. The van der Waals surface area contributed by atoms with E-state index in [1.165, 1.54) is 23.9 Å². The Labute approximate surface area is 105 Å². The maximum absolute atomic E-state index is 12.3. The molecule has 1 unspecified atom stereocenters. The highest BCUT2D eigenvalue weighted by Crippen LogP contribution is 2.25. The van der Waals surface area contributed by atoms with Gasteiger partial charge in [0.1, 0.15) is 6.04 Å². The van der Waals surface area contributed by atoms with Gasteiger partial charge in [-0.15, -0.1) is 0 Å². The first-order valence-electron chi connectivity index (χ1n) is 5.54. The van der Waals surface area contributed by atoms with Gasteiger partial charge in [-0.05, 0) is 12.8 Å². The van der Waals surface area contributed by atoms with E-state index in [4.69, 9.17) is 0 Å². The SMILES string of the molecule is COC(=O)C1CCCN1S(=O)(=O)c1cn(C)cn1. The van der Waals surface area contributed by atoms with Gasteiger partial charge < -0.3 is 9.30 Å². The minimum Gasteiger partial charge on any atom is -0.468 e. The van der Waals surface area contributed by atoms with Crippen LogP contribution in [0.4, 0.5) is 0 Å². The number of imidazole rings is 1. The number of sulfonamides is 1. The highest BCUT2D eigenvalue weighted by Gasteiger charge is 2.40. The zero-order chi connectivity index (χ0) is 13.3. The number of aromatic nitrogens is 2. The minimum atomic E-state index is -3.72. The molecule has 8 heteroatoms. The molecule has 0 bridgehead atoms. The molecule has 0 aliphatic carbocycles. The second-order valence-electron chi connectivity index (χ2n) is 4.17. The molecule has 2 rings (SSSR count). The lowest BCUT2D eigenvalue weighted by molar-refractivity contribution is -0.144. The molecule has 1 aromatic heterocycles. The number of hydrogen-bond acceptors (Lipinski definition) is 5. The van der Waals surface area contributed by atoms with Crippen LogP contribution in [0, 0.1) is 0 Å². The van der Waals surface area contributed by atoms with Crippen molar-refractivity contribution in [3.63, 3.8) is 0 Å². The summed E-state index contributed by atoms with van der Waals surface area (Å²) in [6, 6.07) is -0.734. The summed E-state index contributed by atoms with van der Waals surface area (Å²) in [6.45, 7) is 0.318. The lowest BCUT2D eigenvalue weighted by atomic mass is 10.2. The molecule has 1 aliphatic rings. The Kier molecular flexibility index (Phi) is 3.40. The van der Waals surface area contributed by atoms with Crippen LogP contribution in [0.25, 0.3) is 0 Å². The smallest absolute Gasteiger partial charge is 0.324 e. The summed E-state index contributed by atoms with van der Waals surface area (Å²) in [5.41, 5.74) is 0. The molecule has 7 nitrogen and oxygen atoms in total. The third kappa shape index (κ3) is 2.13. The van der Waals surface area contributed by atoms with Gasteiger partial charge in [0.15, 0.2) is 5.03 Å². The van der Waals surface area contributed by atoms with E-state index in [-0.39, 0.29) is 5.03 Å². The van der Waals surface area contributed by atoms with Crippen LogP contribution >= 0.6 is 0 Å². The van der Waals surface area contributed by atoms with Gasteiger partial charge in [-0.2, -0.15) is 4.31 Å². The summed E-state index contributed by atoms with van der Waals surface area (Å²) in [6.07, 6.45) is 3.96. The van der Waals surface area contributed by atoms with Crippen molar-refractivity contribution >= 4 is 16.0 Å². The quantitative estimate of drug-likeness (QED) is 0.709. The van der Waals surface area contributed by atoms with Crippen molar-refractivity contribution < 1.29 is 17.9 Å². The van der Waals surface area contributed by atoms with Crippen molar-refractivity contribution in [3.8, 4) is 0 Å². The Morgan fingerprint density at radius 1 is 1.56 bits per heavy atom. The van der Waals surface area contributed by atoms with Crippen molar-refractivity contribution in [2.24, 2.45) is 7.05 Å². The Hall–Kier alpha value is -1.41. The molecule has 100 valence electrons. The first kappa shape index (κ1) is 13.0. The molecular formula is C10H15N3O4S. The largest absolute Gasteiger partial charge is 0.468 e. The number of nitrogens with zero attached hydrogens (tertiary/aromatic N) is 3. The zero-order valence-electron chi connectivity index (χ0n) is 10.2. The van der Waals surface area contributed by atoms with Crippen LogP contribution in [0.2, 0.25) is 0 Å². The molecular weight excluding hydrogens is 258 g/mol. The predicted molar refractivity (Wildman–Crippen MR) is 62.1 cm³/mol. The topological polar surface area (TPSA) is 81.5 Å². The summed E-state index contributed by atoms with van der Waals surface area (Å²) in [4.78, 5) is 15.4. The van der Waals surface area contributed by atoms with E-state index < -0.39 is 22.0 Å². The second-order valence-corrected chi connectivity index (χ2v) is 6.01. The highest BCUT2D eigenvalue weighted by atomic mass is 32.2. The van der Waals surface area contributed by atoms with Gasteiger partial charge in [-0.1, -0.05) is 0 Å². The summed E-state index contributed by atoms with van der Waals surface area (Å²) < 4.78 is 32.0. The van der Waals surface area contributed by atoms with Gasteiger partial charge in [0.05, 0.1) is 13.4 Å². The molecule has 1 aliphatic heterocycles. The molecule has 1 atom stereocenters. The molecule has 18 heavy (non-hydrogen) atoms. The molecule has 1 aromatic rings. The average molecular weight is 273 g/mol. The van der Waals surface area contributed by atoms with Crippen LogP contribution in [-0.4, -0.2) is 47.9 Å². The second kappa shape index (κ2) is 4.69. The van der Waals surface area contributed by atoms with Crippen molar-refractivity contribution in [1.82, 2.24) is 13.9 Å². The monoisotopic (exact) mass is 273 g/mol. The minimum absolute atomic E-state index is 0.0409. The van der Waals surface area contributed by atoms with E-state index in [1.807, 2.05) is 0 Å². The summed E-state index contributed by atoms with van der Waals surface area (Å²) in [7, 11) is -0.777. The van der Waals surface area contributed by atoms with Gasteiger partial charge in [0, 0.05) is 19.8 Å². The molecule has 0 amide bonds. The Bertz CT molecular complexity index is 551. The Morgan fingerprint density at radius 2 is 2.28 bits per heavy atom. The van der Waals surface area contributed by atoms with Gasteiger partial charge in [-0.25, -0.2) is 13.4 Å². The van der Waals surface area contributed by atoms with Gasteiger partial charge >= 0.3 is 5.97 Å². The van der Waals surface area contributed by atoms with Crippen LogP contribution in [0.1, 0.15) is 12.8 Å². The van der Waals surface area contributed by atoms with Gasteiger partial charge in [0.25, 0.3) is 10.0 Å². The number of esters is 1. The number of methoxy groups -OCH3 is 1. The fourth-order valence-corrected chi connectivity index (χ4v) is 3.66. The van der Waals surface area contributed by atoms with E-state index in [0.29, 0.717) is 19.4 Å². The third-order valence-corrected chi connectivity index (χ3v) is 4.73. The van der Waals surface area contributed by atoms with Gasteiger partial charge in [-0.3, -0.25) is 4.79 Å². The maximum Gasteiger partial charge on any atom is 0.324 e. The fourth-order valence-electron chi connectivity index (χ4n) is 2.04. The first-order valence-corrected chi connectivity index (χ1v) is 6.98. The fraction of sp³-hybridized carbons (Fsp3) is 0.600. The van der Waals surface area contributed by atoms with Crippen molar-refractivity contribution in [2.75, 3.05) is 13.7 Å². The summed E-state index contributed by atoms with van der Waals surface area (Å²) in [5.74, 6) is -0.521. The van der Waals surface area contributed by atoms with Gasteiger partial charge in [0.2, 0.25) is 0 Å². The third-order valence-electron chi connectivity index (χ3n) is 2.93. The van der Waals surface area contributed by atoms with E-state index in [0.717, 1.165) is 0 Å². The van der Waals surface area contributed by atoms with Crippen molar-refractivity contribution in [3.05, 3.63) is 12.5 Å². The molecule has 0 N–H and O–H groups in total. The number of rotatable bonds is 3. The van der Waals surface area contributed by atoms with Crippen LogP contribution < -0.4 is 0 Å². The lowest BCUT2D eigenvalue weighted by Gasteiger charge is -2.20. The summed E-state index contributed by atoms with van der Waals surface area (Å²) >= 11 is 0. The zero-order valence-corrected chi connectivity index (χ0v) is 11.1. The lowest BCUT2D eigenvalue weighted by Crippen LogP contribution is -2.41. The van der Waals surface area contributed by atoms with Crippen LogP contribution in [0.3, 0.4) is 0 Å². The molecule has 0 radical (unpaired) electrons. The Morgan fingerprint density at radius 3 is 2.83 bits per heavy atom. The molecule has 0 saturated carbocycles. The van der Waals surface area contributed by atoms with E-state index in [1.54, 1.807) is 11.6 Å². The molecule has 0 aromatic carbocycles. The standard InChI is InChI=1S/C10H15N3O4S/c1-12-6-9(11-7-12)18(15,16)13-5-3-4-8(13)10(14)17-2/h6-8H,3-5H2,1-2H3. The molecule has 0 spiro atoms. The van der Waals surface area contributed by atoms with Crippen LogP contribution in [-0.2, 0) is 26.6 Å². The molecule has 1 fully saturated rings. The van der Waals surface area contributed by atoms with Crippen molar-refractivity contribution in [1.29, 1.82) is 0 Å². The average Bonchev–Trinajstić information content (AvgIpc) is 2.96.